The van der Waals surface area contributed by atoms with Gasteiger partial charge in [0.15, 0.2) is 0 Å². The highest BCUT2D eigenvalue weighted by Gasteiger charge is 2.37. The van der Waals surface area contributed by atoms with Gasteiger partial charge in [0.25, 0.3) is 0 Å². The number of ether oxygens (including phenoxy) is 1. The summed E-state index contributed by atoms with van der Waals surface area (Å²) in [4.78, 5) is 0. The van der Waals surface area contributed by atoms with Crippen LogP contribution in [0.15, 0.2) is 78.4 Å². The summed E-state index contributed by atoms with van der Waals surface area (Å²) in [5.74, 6) is 1.39. The molecule has 2 unspecified atom stereocenters. The molecule has 1 aliphatic rings. The molecule has 27 heavy (non-hydrogen) atoms. The van der Waals surface area contributed by atoms with Gasteiger partial charge in [-0.1, -0.05) is 61.5 Å². The Morgan fingerprint density at radius 3 is 2.37 bits per heavy atom. The zero-order chi connectivity index (χ0) is 19.5. The van der Waals surface area contributed by atoms with E-state index in [-0.39, 0.29) is 12.3 Å². The first-order valence-corrected chi connectivity index (χ1v) is 8.84. The minimum atomic E-state index is -4.34. The third-order valence-electron chi connectivity index (χ3n) is 4.96. The highest BCUT2D eigenvalue weighted by Crippen LogP contribution is 2.36. The molecule has 2 nitrogen and oxygen atoms in total. The molecule has 0 aliphatic heterocycles. The molecule has 0 fully saturated rings. The van der Waals surface area contributed by atoms with Gasteiger partial charge in [0, 0.05) is 5.54 Å². The molecule has 2 aromatic carbocycles. The van der Waals surface area contributed by atoms with Crippen molar-refractivity contribution in [3.05, 3.63) is 84.0 Å². The maximum absolute atomic E-state index is 12.8. The molecule has 3 rings (SSSR count). The van der Waals surface area contributed by atoms with E-state index < -0.39 is 17.3 Å². The molecule has 0 saturated heterocycles. The van der Waals surface area contributed by atoms with Crippen molar-refractivity contribution in [2.75, 3.05) is 0 Å². The maximum atomic E-state index is 12.8. The average Bonchev–Trinajstić information content (AvgIpc) is 2.64. The summed E-state index contributed by atoms with van der Waals surface area (Å²) in [5.41, 5.74) is 5.93. The van der Waals surface area contributed by atoms with Crippen LogP contribution in [-0.2, 0) is 6.42 Å². The van der Waals surface area contributed by atoms with Crippen LogP contribution in [-0.4, -0.2) is 11.7 Å². The first kappa shape index (κ1) is 19.2. The van der Waals surface area contributed by atoms with Crippen molar-refractivity contribution < 1.29 is 17.9 Å². The molecule has 0 heterocycles. The Kier molecular flexibility index (Phi) is 5.42. The van der Waals surface area contributed by atoms with Gasteiger partial charge >= 0.3 is 6.18 Å². The number of nitrogens with two attached hydrogens (primary N) is 1. The third-order valence-corrected chi connectivity index (χ3v) is 4.96. The lowest BCUT2D eigenvalue weighted by Crippen LogP contribution is -2.46. The molecule has 0 radical (unpaired) electrons. The van der Waals surface area contributed by atoms with Crippen molar-refractivity contribution in [2.45, 2.75) is 31.5 Å². The second kappa shape index (κ2) is 7.61. The highest BCUT2D eigenvalue weighted by molar-refractivity contribution is 5.39. The minimum Gasteiger partial charge on any atom is -0.457 e. The Hall–Kier alpha value is -2.53. The number of benzene rings is 2. The van der Waals surface area contributed by atoms with Gasteiger partial charge in [-0.2, -0.15) is 13.2 Å². The van der Waals surface area contributed by atoms with Gasteiger partial charge in [-0.25, -0.2) is 0 Å². The molecule has 0 spiro atoms. The van der Waals surface area contributed by atoms with Crippen molar-refractivity contribution in [3.8, 4) is 11.5 Å². The molecule has 5 heteroatoms. The molecule has 0 saturated carbocycles. The lowest BCUT2D eigenvalue weighted by Gasteiger charge is -2.35. The van der Waals surface area contributed by atoms with Gasteiger partial charge in [-0.15, -0.1) is 0 Å². The zero-order valence-corrected chi connectivity index (χ0v) is 15.0. The van der Waals surface area contributed by atoms with Crippen LogP contribution in [0.4, 0.5) is 13.2 Å². The molecular weight excluding hydrogens is 351 g/mol. The summed E-state index contributed by atoms with van der Waals surface area (Å²) in [5, 5.41) is 0. The molecule has 0 amide bonds. The van der Waals surface area contributed by atoms with Crippen LogP contribution < -0.4 is 10.5 Å². The summed E-state index contributed by atoms with van der Waals surface area (Å²) < 4.78 is 44.4. The molecule has 2 aromatic rings. The van der Waals surface area contributed by atoms with Gasteiger partial charge in [-0.05, 0) is 42.5 Å². The van der Waals surface area contributed by atoms with Crippen LogP contribution in [0.1, 0.15) is 18.9 Å². The predicted molar refractivity (Wildman–Crippen MR) is 101 cm³/mol. The standard InChI is InChI=1S/C22H22F3NO/c1-16(21(26)13-11-18(12-14-21)22(23,24)25)15-17-7-5-6-10-20(17)27-19-8-3-2-4-9-19/h2-13,16H,14-15,26H2,1H3. The van der Waals surface area contributed by atoms with Gasteiger partial charge in [0.1, 0.15) is 11.5 Å². The van der Waals surface area contributed by atoms with Crippen LogP contribution in [0.2, 0.25) is 0 Å². The van der Waals surface area contributed by atoms with Gasteiger partial charge < -0.3 is 10.5 Å². The van der Waals surface area contributed by atoms with E-state index in [1.54, 1.807) is 0 Å². The van der Waals surface area contributed by atoms with Crippen molar-refractivity contribution in [3.63, 3.8) is 0 Å². The molecule has 0 bridgehead atoms. The average molecular weight is 373 g/mol. The minimum absolute atomic E-state index is 0.0692. The fourth-order valence-electron chi connectivity index (χ4n) is 3.15. The normalized spacial score (nSPS) is 20.9. The molecule has 1 aliphatic carbocycles. The van der Waals surface area contributed by atoms with Crippen molar-refractivity contribution in [1.82, 2.24) is 0 Å². The summed E-state index contributed by atoms with van der Waals surface area (Å²) >= 11 is 0. The molecule has 2 atom stereocenters. The Morgan fingerprint density at radius 2 is 1.74 bits per heavy atom. The van der Waals surface area contributed by atoms with E-state index >= 15 is 0 Å². The number of hydrogen-bond donors (Lipinski definition) is 1. The summed E-state index contributed by atoms with van der Waals surface area (Å²) in [6, 6.07) is 17.1. The van der Waals surface area contributed by atoms with E-state index in [4.69, 9.17) is 10.5 Å². The Bertz CT molecular complexity index is 842. The number of allylic oxidation sites excluding steroid dienone is 2. The fourth-order valence-corrected chi connectivity index (χ4v) is 3.15. The van der Waals surface area contributed by atoms with Crippen molar-refractivity contribution in [2.24, 2.45) is 11.7 Å². The van der Waals surface area contributed by atoms with Gasteiger partial charge in [0.2, 0.25) is 0 Å². The first-order valence-electron chi connectivity index (χ1n) is 8.84. The van der Waals surface area contributed by atoms with E-state index in [0.29, 0.717) is 6.42 Å². The van der Waals surface area contributed by atoms with Crippen LogP contribution in [0.25, 0.3) is 0 Å². The zero-order valence-electron chi connectivity index (χ0n) is 15.0. The van der Waals surface area contributed by atoms with E-state index in [1.165, 1.54) is 12.2 Å². The van der Waals surface area contributed by atoms with Crippen LogP contribution in [0.3, 0.4) is 0 Å². The molecule has 0 aromatic heterocycles. The maximum Gasteiger partial charge on any atom is 0.416 e. The molecular formula is C22H22F3NO. The summed E-state index contributed by atoms with van der Waals surface area (Å²) in [6.45, 7) is 1.95. The van der Waals surface area contributed by atoms with Gasteiger partial charge in [-0.3, -0.25) is 0 Å². The number of alkyl halides is 3. The van der Waals surface area contributed by atoms with E-state index in [1.807, 2.05) is 61.5 Å². The Balaban J connectivity index is 1.74. The SMILES string of the molecule is CC(Cc1ccccc1Oc1ccccc1)C1(N)C=CC(C(F)(F)F)=CC1. The van der Waals surface area contributed by atoms with Crippen LogP contribution >= 0.6 is 0 Å². The second-order valence-electron chi connectivity index (χ2n) is 6.94. The lowest BCUT2D eigenvalue weighted by molar-refractivity contribution is -0.0888. The van der Waals surface area contributed by atoms with Crippen LogP contribution in [0, 0.1) is 5.92 Å². The van der Waals surface area contributed by atoms with Crippen LogP contribution in [0.5, 0.6) is 11.5 Å². The van der Waals surface area contributed by atoms with Crippen molar-refractivity contribution in [1.29, 1.82) is 0 Å². The van der Waals surface area contributed by atoms with Gasteiger partial charge in [0.05, 0.1) is 5.57 Å². The fraction of sp³-hybridized carbons (Fsp3) is 0.273. The quantitative estimate of drug-likeness (QED) is 0.718. The second-order valence-corrected chi connectivity index (χ2v) is 6.94. The summed E-state index contributed by atoms with van der Waals surface area (Å²) in [6.07, 6.45) is 0.174. The first-order chi connectivity index (χ1) is 12.8. The smallest absolute Gasteiger partial charge is 0.416 e. The highest BCUT2D eigenvalue weighted by atomic mass is 19.4. The largest absolute Gasteiger partial charge is 0.457 e. The van der Waals surface area contributed by atoms with E-state index in [0.717, 1.165) is 23.1 Å². The number of rotatable bonds is 5. The Morgan fingerprint density at radius 1 is 1.07 bits per heavy atom. The summed E-state index contributed by atoms with van der Waals surface area (Å²) in [7, 11) is 0. The third kappa shape index (κ3) is 4.61. The number of halogens is 3. The monoisotopic (exact) mass is 373 g/mol. The topological polar surface area (TPSA) is 35.2 Å². The molecule has 142 valence electrons. The predicted octanol–water partition coefficient (Wildman–Crippen LogP) is 5.80. The van der Waals surface area contributed by atoms with Crippen molar-refractivity contribution >= 4 is 0 Å². The van der Waals surface area contributed by atoms with E-state index in [9.17, 15) is 13.2 Å². The lowest BCUT2D eigenvalue weighted by atomic mass is 9.76. The van der Waals surface area contributed by atoms with E-state index in [2.05, 4.69) is 0 Å². The Labute approximate surface area is 157 Å². The number of para-hydroxylation sites is 2. The number of hydrogen-bond acceptors (Lipinski definition) is 2. The molecule has 2 N–H and O–H groups in total.